The van der Waals surface area contributed by atoms with Crippen LogP contribution >= 0.6 is 0 Å². The highest BCUT2D eigenvalue weighted by atomic mass is 16.5. The lowest BCUT2D eigenvalue weighted by atomic mass is 9.81. The smallest absolute Gasteiger partial charge is 0.0501 e. The quantitative estimate of drug-likeness (QED) is 0.696. The minimum Gasteiger partial charge on any atom is -0.396 e. The molecule has 3 N–H and O–H groups in total. The van der Waals surface area contributed by atoms with Gasteiger partial charge in [-0.05, 0) is 24.5 Å². The molecule has 0 aromatic carbocycles. The van der Waals surface area contributed by atoms with Gasteiger partial charge in [0, 0.05) is 44.1 Å². The number of hydrogen-bond acceptors (Lipinski definition) is 3. The predicted octanol–water partition coefficient (Wildman–Crippen LogP) is 0.893. The molecule has 4 heteroatoms. The number of aliphatic hydroxyl groups is 1. The Bertz CT molecular complexity index is 292. The van der Waals surface area contributed by atoms with Crippen LogP contribution in [0, 0.1) is 5.41 Å². The maximum atomic E-state index is 9.50. The first-order chi connectivity index (χ1) is 7.85. The summed E-state index contributed by atoms with van der Waals surface area (Å²) in [5.41, 5.74) is 1.27. The molecule has 0 bridgehead atoms. The van der Waals surface area contributed by atoms with Crippen LogP contribution in [-0.2, 0) is 11.3 Å². The predicted molar refractivity (Wildman–Crippen MR) is 62.1 cm³/mol. The zero-order valence-electron chi connectivity index (χ0n) is 9.54. The maximum absolute atomic E-state index is 9.50. The minimum atomic E-state index is 0.0224. The Labute approximate surface area is 96.0 Å². The number of nitrogens with one attached hydrogen (secondary N) is 2. The van der Waals surface area contributed by atoms with Gasteiger partial charge in [-0.2, -0.15) is 0 Å². The Morgan fingerprint density at radius 3 is 2.88 bits per heavy atom. The second kappa shape index (κ2) is 5.48. The normalized spacial score (nSPS) is 19.8. The second-order valence-corrected chi connectivity index (χ2v) is 4.59. The Kier molecular flexibility index (Phi) is 3.98. The van der Waals surface area contributed by atoms with E-state index >= 15 is 0 Å². The number of hydrogen-bond donors (Lipinski definition) is 3. The molecule has 4 nitrogen and oxygen atoms in total. The summed E-state index contributed by atoms with van der Waals surface area (Å²) in [6, 6.07) is 2.06. The topological polar surface area (TPSA) is 57.3 Å². The van der Waals surface area contributed by atoms with Crippen molar-refractivity contribution in [2.75, 3.05) is 26.4 Å². The molecule has 1 fully saturated rings. The van der Waals surface area contributed by atoms with Gasteiger partial charge in [-0.1, -0.05) is 0 Å². The van der Waals surface area contributed by atoms with E-state index in [4.69, 9.17) is 4.74 Å². The first kappa shape index (κ1) is 11.6. The van der Waals surface area contributed by atoms with E-state index in [1.54, 1.807) is 0 Å². The van der Waals surface area contributed by atoms with Crippen LogP contribution in [0.25, 0.3) is 0 Å². The van der Waals surface area contributed by atoms with E-state index in [0.29, 0.717) is 0 Å². The molecule has 2 rings (SSSR count). The third-order valence-electron chi connectivity index (χ3n) is 3.38. The number of aromatic amines is 1. The third-order valence-corrected chi connectivity index (χ3v) is 3.38. The van der Waals surface area contributed by atoms with Crippen molar-refractivity contribution in [2.45, 2.75) is 19.4 Å². The number of aliphatic hydroxyl groups excluding tert-OH is 1. The van der Waals surface area contributed by atoms with Crippen LogP contribution < -0.4 is 5.32 Å². The zero-order valence-corrected chi connectivity index (χ0v) is 9.54. The van der Waals surface area contributed by atoms with Crippen molar-refractivity contribution in [3.63, 3.8) is 0 Å². The van der Waals surface area contributed by atoms with Crippen LogP contribution in [0.1, 0.15) is 18.4 Å². The summed E-state index contributed by atoms with van der Waals surface area (Å²) < 4.78 is 5.33. The van der Waals surface area contributed by atoms with Crippen molar-refractivity contribution >= 4 is 0 Å². The van der Waals surface area contributed by atoms with E-state index < -0.39 is 0 Å². The fourth-order valence-electron chi connectivity index (χ4n) is 2.14. The van der Waals surface area contributed by atoms with Crippen molar-refractivity contribution in [3.05, 3.63) is 24.0 Å². The second-order valence-electron chi connectivity index (χ2n) is 4.59. The molecule has 1 aromatic rings. The Morgan fingerprint density at radius 1 is 1.44 bits per heavy atom. The molecule has 0 aliphatic carbocycles. The van der Waals surface area contributed by atoms with Crippen LogP contribution in [0.3, 0.4) is 0 Å². The van der Waals surface area contributed by atoms with E-state index in [1.165, 1.54) is 5.56 Å². The summed E-state index contributed by atoms with van der Waals surface area (Å²) in [6.07, 6.45) is 5.81. The molecule has 0 radical (unpaired) electrons. The molecule has 16 heavy (non-hydrogen) atoms. The number of ether oxygens (including phenoxy) is 1. The van der Waals surface area contributed by atoms with E-state index in [0.717, 1.165) is 39.1 Å². The Hall–Kier alpha value is -0.840. The van der Waals surface area contributed by atoms with Crippen molar-refractivity contribution in [3.8, 4) is 0 Å². The molecule has 0 saturated carbocycles. The standard InChI is InChI=1S/C12H20N2O2/c15-10-12(2-5-16-6-3-12)9-14-8-11-1-4-13-7-11/h1,4,7,13-15H,2-3,5-6,8-10H2. The average molecular weight is 224 g/mol. The molecular weight excluding hydrogens is 204 g/mol. The van der Waals surface area contributed by atoms with Gasteiger partial charge >= 0.3 is 0 Å². The molecule has 1 saturated heterocycles. The van der Waals surface area contributed by atoms with Crippen LogP contribution in [0.15, 0.2) is 18.5 Å². The first-order valence-corrected chi connectivity index (χ1v) is 5.86. The van der Waals surface area contributed by atoms with Gasteiger partial charge in [-0.3, -0.25) is 0 Å². The van der Waals surface area contributed by atoms with E-state index in [-0.39, 0.29) is 12.0 Å². The van der Waals surface area contributed by atoms with Gasteiger partial charge in [0.15, 0.2) is 0 Å². The lowest BCUT2D eigenvalue weighted by molar-refractivity contribution is -0.0154. The van der Waals surface area contributed by atoms with E-state index in [9.17, 15) is 5.11 Å². The number of H-pyrrole nitrogens is 1. The van der Waals surface area contributed by atoms with Crippen LogP contribution in [0.2, 0.25) is 0 Å². The zero-order chi connectivity index (χ0) is 11.3. The average Bonchev–Trinajstić information content (AvgIpc) is 2.83. The van der Waals surface area contributed by atoms with Gasteiger partial charge < -0.3 is 20.1 Å². The van der Waals surface area contributed by atoms with E-state index in [1.807, 2.05) is 12.4 Å². The van der Waals surface area contributed by atoms with Crippen LogP contribution in [0.5, 0.6) is 0 Å². The third kappa shape index (κ3) is 2.84. The molecular formula is C12H20N2O2. The van der Waals surface area contributed by atoms with E-state index in [2.05, 4.69) is 16.4 Å². The Balaban J connectivity index is 1.78. The monoisotopic (exact) mass is 224 g/mol. The molecule has 0 atom stereocenters. The highest BCUT2D eigenvalue weighted by molar-refractivity contribution is 5.07. The maximum Gasteiger partial charge on any atom is 0.0501 e. The first-order valence-electron chi connectivity index (χ1n) is 5.86. The van der Waals surface area contributed by atoms with Crippen LogP contribution in [-0.4, -0.2) is 36.5 Å². The SMILES string of the molecule is OCC1(CNCc2cc[nH]c2)CCOCC1. The van der Waals surface area contributed by atoms with Gasteiger partial charge in [0.2, 0.25) is 0 Å². The van der Waals surface area contributed by atoms with Gasteiger partial charge in [0.1, 0.15) is 0 Å². The summed E-state index contributed by atoms with van der Waals surface area (Å²) in [5.74, 6) is 0. The van der Waals surface area contributed by atoms with Gasteiger partial charge in [0.05, 0.1) is 6.61 Å². The molecule has 0 amide bonds. The summed E-state index contributed by atoms with van der Waals surface area (Å²) in [6.45, 7) is 3.50. The van der Waals surface area contributed by atoms with Crippen molar-refractivity contribution in [2.24, 2.45) is 5.41 Å². The molecule has 0 unspecified atom stereocenters. The minimum absolute atomic E-state index is 0.0224. The fourth-order valence-corrected chi connectivity index (χ4v) is 2.14. The van der Waals surface area contributed by atoms with Crippen LogP contribution in [0.4, 0.5) is 0 Å². The molecule has 1 aliphatic rings. The molecule has 0 spiro atoms. The highest BCUT2D eigenvalue weighted by Crippen LogP contribution is 2.28. The van der Waals surface area contributed by atoms with Gasteiger partial charge in [-0.15, -0.1) is 0 Å². The molecule has 90 valence electrons. The molecule has 2 heterocycles. The summed E-state index contributed by atoms with van der Waals surface area (Å²) in [5, 5.41) is 12.9. The molecule has 1 aromatic heterocycles. The summed E-state index contributed by atoms with van der Waals surface area (Å²) >= 11 is 0. The number of aromatic nitrogens is 1. The largest absolute Gasteiger partial charge is 0.396 e. The molecule has 1 aliphatic heterocycles. The van der Waals surface area contributed by atoms with Crippen molar-refractivity contribution < 1.29 is 9.84 Å². The van der Waals surface area contributed by atoms with Gasteiger partial charge in [0.25, 0.3) is 0 Å². The number of rotatable bonds is 5. The summed E-state index contributed by atoms with van der Waals surface area (Å²) in [4.78, 5) is 3.03. The van der Waals surface area contributed by atoms with Crippen molar-refractivity contribution in [1.82, 2.24) is 10.3 Å². The highest BCUT2D eigenvalue weighted by Gasteiger charge is 2.31. The lowest BCUT2D eigenvalue weighted by Gasteiger charge is -2.35. The van der Waals surface area contributed by atoms with Crippen molar-refractivity contribution in [1.29, 1.82) is 0 Å². The lowest BCUT2D eigenvalue weighted by Crippen LogP contribution is -2.41. The van der Waals surface area contributed by atoms with Gasteiger partial charge in [-0.25, -0.2) is 0 Å². The Morgan fingerprint density at radius 2 is 2.25 bits per heavy atom. The fraction of sp³-hybridized carbons (Fsp3) is 0.667. The summed E-state index contributed by atoms with van der Waals surface area (Å²) in [7, 11) is 0.